The molecule has 0 aliphatic heterocycles. The Morgan fingerprint density at radius 2 is 2.00 bits per heavy atom. The minimum atomic E-state index is -0.449. The number of nitrogens with zero attached hydrogens (tertiary/aromatic N) is 1. The fourth-order valence-electron chi connectivity index (χ4n) is 1.38. The van der Waals surface area contributed by atoms with E-state index in [2.05, 4.69) is 11.8 Å². The number of nitrogens with two attached hydrogens (primary N) is 1. The summed E-state index contributed by atoms with van der Waals surface area (Å²) < 4.78 is 0. The third-order valence-corrected chi connectivity index (χ3v) is 2.21. The number of hydrogen-bond acceptors (Lipinski definition) is 3. The molecule has 0 aliphatic carbocycles. The van der Waals surface area contributed by atoms with E-state index in [-0.39, 0.29) is 0 Å². The first-order valence-electron chi connectivity index (χ1n) is 4.96. The summed E-state index contributed by atoms with van der Waals surface area (Å²) in [6.07, 6.45) is -0.449. The molecule has 0 bridgehead atoms. The van der Waals surface area contributed by atoms with Gasteiger partial charge in [0.25, 0.3) is 0 Å². The Morgan fingerprint density at radius 3 is 2.50 bits per heavy atom. The van der Waals surface area contributed by atoms with Gasteiger partial charge in [0.15, 0.2) is 0 Å². The average molecular weight is 194 g/mol. The molecule has 78 valence electrons. The molecule has 1 unspecified atom stereocenters. The lowest BCUT2D eigenvalue weighted by atomic mass is 10.2. The van der Waals surface area contributed by atoms with Gasteiger partial charge < -0.3 is 15.7 Å². The summed E-state index contributed by atoms with van der Waals surface area (Å²) in [6.45, 7) is 3.84. The second-order valence-corrected chi connectivity index (χ2v) is 3.26. The summed E-state index contributed by atoms with van der Waals surface area (Å²) in [5, 5.41) is 9.45. The highest BCUT2D eigenvalue weighted by molar-refractivity contribution is 5.45. The number of hydrogen-bond donors (Lipinski definition) is 2. The first-order valence-corrected chi connectivity index (χ1v) is 4.96. The van der Waals surface area contributed by atoms with Crippen LogP contribution in [0.5, 0.6) is 0 Å². The van der Waals surface area contributed by atoms with Crippen LogP contribution in [0.2, 0.25) is 0 Å². The van der Waals surface area contributed by atoms with Crippen LogP contribution in [0.3, 0.4) is 0 Å². The summed E-state index contributed by atoms with van der Waals surface area (Å²) in [5.74, 6) is 0. The zero-order valence-electron chi connectivity index (χ0n) is 8.56. The molecule has 0 fully saturated rings. The van der Waals surface area contributed by atoms with E-state index in [1.807, 2.05) is 30.3 Å². The molecule has 0 aromatic heterocycles. The van der Waals surface area contributed by atoms with Gasteiger partial charge in [-0.2, -0.15) is 0 Å². The molecular formula is C11H18N2O. The van der Waals surface area contributed by atoms with Crippen molar-refractivity contribution in [2.75, 3.05) is 24.5 Å². The number of aliphatic hydroxyl groups is 1. The van der Waals surface area contributed by atoms with Gasteiger partial charge in [-0.1, -0.05) is 18.2 Å². The lowest BCUT2D eigenvalue weighted by molar-refractivity contribution is 0.188. The minimum Gasteiger partial charge on any atom is -0.390 e. The third-order valence-electron chi connectivity index (χ3n) is 2.21. The van der Waals surface area contributed by atoms with Gasteiger partial charge in [-0.3, -0.25) is 0 Å². The van der Waals surface area contributed by atoms with Gasteiger partial charge in [0.2, 0.25) is 0 Å². The van der Waals surface area contributed by atoms with E-state index < -0.39 is 6.10 Å². The Bertz CT molecular complexity index is 251. The van der Waals surface area contributed by atoms with Crippen LogP contribution in [0, 0.1) is 0 Å². The van der Waals surface area contributed by atoms with Gasteiger partial charge in [0.05, 0.1) is 6.10 Å². The molecule has 0 heterocycles. The zero-order valence-corrected chi connectivity index (χ0v) is 8.56. The highest BCUT2D eigenvalue weighted by atomic mass is 16.3. The average Bonchev–Trinajstić information content (AvgIpc) is 2.26. The van der Waals surface area contributed by atoms with Crippen molar-refractivity contribution in [2.45, 2.75) is 13.0 Å². The minimum absolute atomic E-state index is 0.309. The quantitative estimate of drug-likeness (QED) is 0.730. The molecule has 1 rings (SSSR count). The molecule has 3 heteroatoms. The monoisotopic (exact) mass is 194 g/mol. The molecule has 0 spiro atoms. The molecule has 1 atom stereocenters. The second kappa shape index (κ2) is 5.62. The molecule has 3 nitrogen and oxygen atoms in total. The maximum atomic E-state index is 9.45. The van der Waals surface area contributed by atoms with Gasteiger partial charge in [-0.25, -0.2) is 0 Å². The van der Waals surface area contributed by atoms with E-state index in [4.69, 9.17) is 5.73 Å². The topological polar surface area (TPSA) is 49.5 Å². The molecule has 3 N–H and O–H groups in total. The predicted molar refractivity (Wildman–Crippen MR) is 59.4 cm³/mol. The maximum Gasteiger partial charge on any atom is 0.0836 e. The number of likely N-dealkylation sites (N-methyl/N-ethyl adjacent to an activating group) is 1. The Morgan fingerprint density at radius 1 is 1.36 bits per heavy atom. The number of rotatable bonds is 5. The van der Waals surface area contributed by atoms with E-state index in [1.165, 1.54) is 0 Å². The molecule has 0 saturated heterocycles. The van der Waals surface area contributed by atoms with Gasteiger partial charge in [-0.15, -0.1) is 0 Å². The molecule has 0 amide bonds. The van der Waals surface area contributed by atoms with Crippen molar-refractivity contribution in [3.63, 3.8) is 0 Å². The number of para-hydroxylation sites is 1. The number of aliphatic hydroxyl groups excluding tert-OH is 1. The maximum absolute atomic E-state index is 9.45. The van der Waals surface area contributed by atoms with Crippen LogP contribution in [0.4, 0.5) is 5.69 Å². The number of anilines is 1. The Kier molecular flexibility index (Phi) is 4.43. The molecule has 0 aliphatic rings. The van der Waals surface area contributed by atoms with Crippen LogP contribution < -0.4 is 10.6 Å². The second-order valence-electron chi connectivity index (χ2n) is 3.26. The fraction of sp³-hybridized carbons (Fsp3) is 0.455. The standard InChI is InChI=1S/C11H18N2O/c1-2-13(9-11(14)8-12)10-6-4-3-5-7-10/h3-7,11,14H,2,8-9,12H2,1H3. The van der Waals surface area contributed by atoms with Crippen molar-refractivity contribution in [3.05, 3.63) is 30.3 Å². The smallest absolute Gasteiger partial charge is 0.0836 e. The van der Waals surface area contributed by atoms with Crippen molar-refractivity contribution >= 4 is 5.69 Å². The Hall–Kier alpha value is -1.06. The first kappa shape index (κ1) is 11.0. The van der Waals surface area contributed by atoms with Crippen LogP contribution in [0.1, 0.15) is 6.92 Å². The molecule has 1 aromatic rings. The molecule has 1 aromatic carbocycles. The van der Waals surface area contributed by atoms with Gasteiger partial charge in [0, 0.05) is 25.3 Å². The summed E-state index contributed by atoms with van der Waals surface area (Å²) >= 11 is 0. The summed E-state index contributed by atoms with van der Waals surface area (Å²) in [4.78, 5) is 2.11. The Labute approximate surface area is 85.2 Å². The first-order chi connectivity index (χ1) is 6.77. The van der Waals surface area contributed by atoms with Crippen LogP contribution in [-0.2, 0) is 0 Å². The van der Waals surface area contributed by atoms with Crippen LogP contribution in [0.25, 0.3) is 0 Å². The lowest BCUT2D eigenvalue weighted by Gasteiger charge is -2.25. The largest absolute Gasteiger partial charge is 0.390 e. The zero-order chi connectivity index (χ0) is 10.4. The SMILES string of the molecule is CCN(CC(O)CN)c1ccccc1. The van der Waals surface area contributed by atoms with E-state index in [1.54, 1.807) is 0 Å². The highest BCUT2D eigenvalue weighted by Gasteiger charge is 2.08. The predicted octanol–water partition coefficient (Wildman–Crippen LogP) is 0.832. The van der Waals surface area contributed by atoms with E-state index >= 15 is 0 Å². The third kappa shape index (κ3) is 3.01. The van der Waals surface area contributed by atoms with Crippen LogP contribution in [-0.4, -0.2) is 30.8 Å². The van der Waals surface area contributed by atoms with Crippen molar-refractivity contribution in [1.82, 2.24) is 0 Å². The molecule has 14 heavy (non-hydrogen) atoms. The summed E-state index contributed by atoms with van der Waals surface area (Å²) in [6, 6.07) is 10.0. The van der Waals surface area contributed by atoms with E-state index in [9.17, 15) is 5.11 Å². The van der Waals surface area contributed by atoms with Gasteiger partial charge >= 0.3 is 0 Å². The van der Waals surface area contributed by atoms with Gasteiger partial charge in [0.1, 0.15) is 0 Å². The van der Waals surface area contributed by atoms with Crippen molar-refractivity contribution in [2.24, 2.45) is 5.73 Å². The van der Waals surface area contributed by atoms with Gasteiger partial charge in [-0.05, 0) is 19.1 Å². The van der Waals surface area contributed by atoms with Crippen molar-refractivity contribution in [1.29, 1.82) is 0 Å². The Balaban J connectivity index is 2.63. The van der Waals surface area contributed by atoms with Crippen molar-refractivity contribution in [3.8, 4) is 0 Å². The summed E-state index contributed by atoms with van der Waals surface area (Å²) in [7, 11) is 0. The normalized spacial score (nSPS) is 12.5. The van der Waals surface area contributed by atoms with E-state index in [0.717, 1.165) is 12.2 Å². The molecular weight excluding hydrogens is 176 g/mol. The lowest BCUT2D eigenvalue weighted by Crippen LogP contribution is -2.36. The van der Waals surface area contributed by atoms with E-state index in [0.29, 0.717) is 13.1 Å². The van der Waals surface area contributed by atoms with Crippen LogP contribution >= 0.6 is 0 Å². The molecule has 0 saturated carbocycles. The van der Waals surface area contributed by atoms with Crippen molar-refractivity contribution < 1.29 is 5.11 Å². The summed E-state index contributed by atoms with van der Waals surface area (Å²) in [5.41, 5.74) is 6.50. The number of benzene rings is 1. The van der Waals surface area contributed by atoms with Crippen LogP contribution in [0.15, 0.2) is 30.3 Å². The highest BCUT2D eigenvalue weighted by Crippen LogP contribution is 2.12. The fourth-order valence-corrected chi connectivity index (χ4v) is 1.38. The molecule has 0 radical (unpaired) electrons.